The quantitative estimate of drug-likeness (QED) is 0.785. The van der Waals surface area contributed by atoms with Crippen LogP contribution in [0.25, 0.3) is 5.57 Å². The zero-order valence-corrected chi connectivity index (χ0v) is 8.25. The molecule has 4 heteroatoms. The Labute approximate surface area is 82.9 Å². The number of nitrogens with zero attached hydrogens (tertiary/aromatic N) is 1. The van der Waals surface area contributed by atoms with Crippen LogP contribution >= 0.6 is 0 Å². The molecule has 76 valence electrons. The summed E-state index contributed by atoms with van der Waals surface area (Å²) in [7, 11) is 1.64. The number of ether oxygens (including phenoxy) is 1. The van der Waals surface area contributed by atoms with Crippen molar-refractivity contribution in [1.82, 2.24) is 10.5 Å². The van der Waals surface area contributed by atoms with E-state index in [4.69, 9.17) is 9.26 Å². The van der Waals surface area contributed by atoms with Crippen LogP contribution in [0.2, 0.25) is 0 Å². The average Bonchev–Trinajstić information content (AvgIpc) is 2.68. The number of methoxy groups -OCH3 is 1. The molecule has 0 fully saturated rings. The maximum absolute atomic E-state index is 5.11. The van der Waals surface area contributed by atoms with Gasteiger partial charge in [-0.1, -0.05) is 11.2 Å². The molecule has 0 saturated heterocycles. The average molecular weight is 194 g/mol. The van der Waals surface area contributed by atoms with Crippen LogP contribution in [0.3, 0.4) is 0 Å². The van der Waals surface area contributed by atoms with Gasteiger partial charge in [0.25, 0.3) is 0 Å². The standard InChI is InChI=1S/C10H14N2O2/c1-13-7-9-5-10(12-14-9)8-3-2-4-11-6-8/h3,5,11H,2,4,6-7H2,1H3. The van der Waals surface area contributed by atoms with Crippen LogP contribution < -0.4 is 5.32 Å². The molecular weight excluding hydrogens is 180 g/mol. The number of rotatable bonds is 3. The second kappa shape index (κ2) is 4.39. The Bertz CT molecular complexity index is 331. The Morgan fingerprint density at radius 1 is 1.64 bits per heavy atom. The van der Waals surface area contributed by atoms with Gasteiger partial charge >= 0.3 is 0 Å². The van der Waals surface area contributed by atoms with Crippen molar-refractivity contribution in [3.8, 4) is 0 Å². The fourth-order valence-electron chi connectivity index (χ4n) is 1.51. The van der Waals surface area contributed by atoms with Crippen LogP contribution in [0.4, 0.5) is 0 Å². The van der Waals surface area contributed by atoms with Gasteiger partial charge in [-0.2, -0.15) is 0 Å². The molecule has 2 heterocycles. The van der Waals surface area contributed by atoms with Gasteiger partial charge in [0.1, 0.15) is 12.3 Å². The molecule has 0 unspecified atom stereocenters. The van der Waals surface area contributed by atoms with Crippen LogP contribution in [0.1, 0.15) is 17.9 Å². The lowest BCUT2D eigenvalue weighted by atomic mass is 10.1. The highest BCUT2D eigenvalue weighted by atomic mass is 16.5. The molecule has 0 bridgehead atoms. The van der Waals surface area contributed by atoms with E-state index in [1.165, 1.54) is 5.57 Å². The van der Waals surface area contributed by atoms with Crippen molar-refractivity contribution in [2.75, 3.05) is 20.2 Å². The smallest absolute Gasteiger partial charge is 0.162 e. The van der Waals surface area contributed by atoms with Gasteiger partial charge in [-0.3, -0.25) is 0 Å². The number of hydrogen-bond acceptors (Lipinski definition) is 4. The highest BCUT2D eigenvalue weighted by molar-refractivity contribution is 5.64. The topological polar surface area (TPSA) is 47.3 Å². The van der Waals surface area contributed by atoms with E-state index in [1.807, 2.05) is 6.07 Å². The van der Waals surface area contributed by atoms with E-state index < -0.39 is 0 Å². The summed E-state index contributed by atoms with van der Waals surface area (Å²) in [4.78, 5) is 0. The summed E-state index contributed by atoms with van der Waals surface area (Å²) in [5, 5.41) is 7.29. The van der Waals surface area contributed by atoms with Gasteiger partial charge in [0.2, 0.25) is 0 Å². The predicted molar refractivity (Wildman–Crippen MR) is 52.7 cm³/mol. The number of aromatic nitrogens is 1. The molecule has 0 amide bonds. The van der Waals surface area contributed by atoms with Gasteiger partial charge in [0.05, 0.1) is 0 Å². The van der Waals surface area contributed by atoms with Crippen molar-refractivity contribution in [3.63, 3.8) is 0 Å². The predicted octanol–water partition coefficient (Wildman–Crippen LogP) is 1.20. The van der Waals surface area contributed by atoms with Crippen LogP contribution in [-0.2, 0) is 11.3 Å². The largest absolute Gasteiger partial charge is 0.377 e. The van der Waals surface area contributed by atoms with Gasteiger partial charge in [-0.15, -0.1) is 0 Å². The first kappa shape index (κ1) is 9.43. The van der Waals surface area contributed by atoms with Gasteiger partial charge in [-0.05, 0) is 18.5 Å². The third-order valence-electron chi connectivity index (χ3n) is 2.20. The van der Waals surface area contributed by atoms with Crippen molar-refractivity contribution in [2.45, 2.75) is 13.0 Å². The van der Waals surface area contributed by atoms with E-state index >= 15 is 0 Å². The van der Waals surface area contributed by atoms with E-state index in [1.54, 1.807) is 7.11 Å². The second-order valence-electron chi connectivity index (χ2n) is 3.31. The molecule has 4 nitrogen and oxygen atoms in total. The first-order chi connectivity index (χ1) is 6.90. The fraction of sp³-hybridized carbons (Fsp3) is 0.500. The molecule has 0 saturated carbocycles. The Kier molecular flexibility index (Phi) is 2.96. The van der Waals surface area contributed by atoms with Gasteiger partial charge in [0, 0.05) is 19.7 Å². The molecular formula is C10H14N2O2. The maximum atomic E-state index is 5.11. The van der Waals surface area contributed by atoms with E-state index in [-0.39, 0.29) is 0 Å². The lowest BCUT2D eigenvalue weighted by Gasteiger charge is -2.10. The molecule has 0 aromatic carbocycles. The third kappa shape index (κ3) is 2.02. The van der Waals surface area contributed by atoms with Crippen LogP contribution in [0.15, 0.2) is 16.7 Å². The van der Waals surface area contributed by atoms with Gasteiger partial charge in [-0.25, -0.2) is 0 Å². The Morgan fingerprint density at radius 3 is 3.29 bits per heavy atom. The van der Waals surface area contributed by atoms with Crippen molar-refractivity contribution in [1.29, 1.82) is 0 Å². The van der Waals surface area contributed by atoms with Crippen LogP contribution in [0.5, 0.6) is 0 Å². The minimum absolute atomic E-state index is 0.480. The van der Waals surface area contributed by atoms with Crippen molar-refractivity contribution >= 4 is 5.57 Å². The Hall–Kier alpha value is -1.13. The molecule has 0 atom stereocenters. The maximum Gasteiger partial charge on any atom is 0.162 e. The van der Waals surface area contributed by atoms with E-state index in [0.717, 1.165) is 31.0 Å². The molecule has 0 aliphatic carbocycles. The lowest BCUT2D eigenvalue weighted by molar-refractivity contribution is 0.156. The van der Waals surface area contributed by atoms with Crippen molar-refractivity contribution in [3.05, 3.63) is 23.6 Å². The summed E-state index contributed by atoms with van der Waals surface area (Å²) in [6.45, 7) is 2.40. The van der Waals surface area contributed by atoms with E-state index in [0.29, 0.717) is 6.61 Å². The zero-order valence-electron chi connectivity index (χ0n) is 8.25. The third-order valence-corrected chi connectivity index (χ3v) is 2.20. The minimum atomic E-state index is 0.480. The number of nitrogens with one attached hydrogen (secondary N) is 1. The van der Waals surface area contributed by atoms with Crippen LogP contribution in [-0.4, -0.2) is 25.4 Å². The number of hydrogen-bond donors (Lipinski definition) is 1. The van der Waals surface area contributed by atoms with Gasteiger partial charge < -0.3 is 14.6 Å². The van der Waals surface area contributed by atoms with E-state index in [2.05, 4.69) is 16.5 Å². The molecule has 1 aliphatic heterocycles. The molecule has 0 radical (unpaired) electrons. The Morgan fingerprint density at radius 2 is 2.57 bits per heavy atom. The summed E-state index contributed by atoms with van der Waals surface area (Å²) in [5.74, 6) is 0.772. The Balaban J connectivity index is 2.11. The normalized spacial score (nSPS) is 16.8. The first-order valence-electron chi connectivity index (χ1n) is 4.75. The molecule has 1 aliphatic rings. The SMILES string of the molecule is COCc1cc(C2=CCCNC2)no1. The molecule has 14 heavy (non-hydrogen) atoms. The molecule has 1 aromatic heterocycles. The monoisotopic (exact) mass is 194 g/mol. The fourth-order valence-corrected chi connectivity index (χ4v) is 1.51. The molecule has 0 spiro atoms. The first-order valence-corrected chi connectivity index (χ1v) is 4.75. The van der Waals surface area contributed by atoms with Crippen molar-refractivity contribution in [2.24, 2.45) is 0 Å². The molecule has 1 aromatic rings. The minimum Gasteiger partial charge on any atom is -0.377 e. The van der Waals surface area contributed by atoms with Crippen LogP contribution in [0, 0.1) is 0 Å². The summed E-state index contributed by atoms with van der Waals surface area (Å²) < 4.78 is 10.1. The van der Waals surface area contributed by atoms with Crippen molar-refractivity contribution < 1.29 is 9.26 Å². The van der Waals surface area contributed by atoms with Gasteiger partial charge in [0.15, 0.2) is 5.76 Å². The summed E-state index contributed by atoms with van der Waals surface area (Å²) in [6.07, 6.45) is 3.26. The zero-order chi connectivity index (χ0) is 9.80. The molecule has 2 rings (SSSR count). The summed E-state index contributed by atoms with van der Waals surface area (Å²) in [6, 6.07) is 1.93. The second-order valence-corrected chi connectivity index (χ2v) is 3.31. The molecule has 1 N–H and O–H groups in total. The summed E-state index contributed by atoms with van der Waals surface area (Å²) >= 11 is 0. The van der Waals surface area contributed by atoms with E-state index in [9.17, 15) is 0 Å². The highest BCUT2D eigenvalue weighted by Crippen LogP contribution is 2.16. The summed E-state index contributed by atoms with van der Waals surface area (Å²) in [5.41, 5.74) is 2.13. The lowest BCUT2D eigenvalue weighted by Crippen LogP contribution is -2.21. The highest BCUT2D eigenvalue weighted by Gasteiger charge is 2.10.